The third kappa shape index (κ3) is 16.5. The van der Waals surface area contributed by atoms with Crippen LogP contribution >= 0.6 is 0 Å². The quantitative estimate of drug-likeness (QED) is 0.0881. The highest BCUT2D eigenvalue weighted by Gasteiger charge is 2.56. The van der Waals surface area contributed by atoms with Crippen LogP contribution in [-0.4, -0.2) is 197 Å². The number of hydrogen-bond donors (Lipinski definition) is 5. The predicted molar refractivity (Wildman–Crippen MR) is 514 cm³/mol. The normalized spacial score (nSPS) is 20.3. The van der Waals surface area contributed by atoms with Gasteiger partial charge in [0, 0.05) is 117 Å². The van der Waals surface area contributed by atoms with Crippen molar-refractivity contribution in [3.63, 3.8) is 0 Å². The van der Waals surface area contributed by atoms with E-state index in [0.29, 0.717) is 74.6 Å². The second-order valence-electron chi connectivity index (χ2n) is 37.1. The predicted octanol–water partition coefficient (Wildman–Crippen LogP) is 13.3. The summed E-state index contributed by atoms with van der Waals surface area (Å²) in [6, 6.07) is 19.1. The highest BCUT2D eigenvalue weighted by molar-refractivity contribution is 5.78. The first-order valence-corrected chi connectivity index (χ1v) is 46.1. The van der Waals surface area contributed by atoms with Crippen LogP contribution in [0.3, 0.4) is 0 Å². The maximum absolute atomic E-state index is 14.1. The fraction of sp³-hybridized carbons (Fsp3) is 0.343. The standard InChI is InChI=1S/4C20H21FN6O.C19H19FN6O/c2*1-12-11-28-19-16(8-14(21)9-22-19)20(5-6-20)26(3)17-4-7-27-18(25-17)15(10-23-27)13(2)24-12;1-12-9-22-13(2)15-11-24-27-7-4-17(25-18(15)27)26(3)20(5-6-20)16-8-14(21)10-23-19(16)28-12;1-12-11-28-19-15(8-14(21)9-23-19)20(6-7-20)26(3)18-5-4-17-22-10-16(13(2)24-12)27(17)25-18;1-12-14-11-23-26-7-3-16(24-17(14)26)25(2)19(4-5-19)15-9-13(20)10-22-18(15)27-8-6-21-12/h2*4,7-10,12,24H,2,5-6,11H2,1,3H3;4,7-8,10-12,22H,2,5-6,9H2,1,3H3;4-5,8-10,12,24H,2,6-7,11H2,1,3H3;3,7,9-11,21H,1,4-6,8H2,2H3/t4*12-;/m1011./s1. The molecule has 20 heterocycles. The lowest BCUT2D eigenvalue weighted by atomic mass is 10.0. The van der Waals surface area contributed by atoms with Crippen LogP contribution in [0.1, 0.15) is 148 Å². The van der Waals surface area contributed by atoms with Gasteiger partial charge in [-0.2, -0.15) is 20.4 Å². The number of hydrogen-bond acceptors (Lipinski definition) is 30. The average Bonchev–Trinajstić information content (AvgIpc) is 1.60. The number of nitrogens with zero attached hydrogens (tertiary/aromatic N) is 25. The lowest BCUT2D eigenvalue weighted by Crippen LogP contribution is -2.34. The van der Waals surface area contributed by atoms with Gasteiger partial charge in [-0.1, -0.05) is 32.9 Å². The molecule has 5 aliphatic carbocycles. The van der Waals surface area contributed by atoms with Crippen molar-refractivity contribution in [3.05, 3.63) is 271 Å². The summed E-state index contributed by atoms with van der Waals surface area (Å²) in [5.74, 6) is 4.38. The Morgan fingerprint density at radius 3 is 1.01 bits per heavy atom. The Morgan fingerprint density at radius 2 is 0.655 bits per heavy atom. The highest BCUT2D eigenvalue weighted by Crippen LogP contribution is 2.59. The second kappa shape index (κ2) is 34.8. The Kier molecular flexibility index (Phi) is 22.4. The minimum absolute atomic E-state index is 0.0287. The van der Waals surface area contributed by atoms with Crippen molar-refractivity contribution < 1.29 is 45.6 Å². The first-order chi connectivity index (χ1) is 67.0. The van der Waals surface area contributed by atoms with E-state index in [1.54, 1.807) is 53.6 Å². The van der Waals surface area contributed by atoms with Crippen molar-refractivity contribution >= 4 is 85.8 Å². The molecule has 139 heavy (non-hydrogen) atoms. The minimum atomic E-state index is -0.381. The molecule has 4 atom stereocenters. The van der Waals surface area contributed by atoms with Crippen LogP contribution in [0.2, 0.25) is 0 Å². The summed E-state index contributed by atoms with van der Waals surface area (Å²) in [6.07, 6.45) is 30.9. The number of pyridine rings is 5. The van der Waals surface area contributed by atoms with Gasteiger partial charge < -0.3 is 74.8 Å². The van der Waals surface area contributed by atoms with Gasteiger partial charge in [-0.3, -0.25) is 0 Å². The van der Waals surface area contributed by atoms with Crippen LogP contribution < -0.4 is 74.8 Å². The molecule has 5 N–H and O–H groups in total. The molecule has 10 aliphatic rings. The summed E-state index contributed by atoms with van der Waals surface area (Å²) >= 11 is 0. The zero-order chi connectivity index (χ0) is 96.5. The van der Waals surface area contributed by atoms with E-state index in [9.17, 15) is 22.0 Å². The number of ether oxygens (including phenoxy) is 5. The highest BCUT2D eigenvalue weighted by atomic mass is 19.1. The Bertz CT molecular complexity index is 7010. The van der Waals surface area contributed by atoms with Gasteiger partial charge in [0.25, 0.3) is 0 Å². The monoisotopic (exact) mass is 1890 g/mol. The number of imidazole rings is 1. The number of aromatic nitrogens is 20. The molecule has 10 bridgehead atoms. The molecule has 35 nitrogen and oxygen atoms in total. The van der Waals surface area contributed by atoms with Gasteiger partial charge in [-0.05, 0) is 159 Å². The van der Waals surface area contributed by atoms with Crippen molar-refractivity contribution in [3.8, 4) is 29.4 Å². The van der Waals surface area contributed by atoms with Gasteiger partial charge in [0.1, 0.15) is 96.4 Å². The number of anilines is 5. The van der Waals surface area contributed by atoms with Gasteiger partial charge in [0.2, 0.25) is 29.4 Å². The molecule has 714 valence electrons. The van der Waals surface area contributed by atoms with Crippen molar-refractivity contribution in [2.75, 3.05) is 99.3 Å². The van der Waals surface area contributed by atoms with Crippen molar-refractivity contribution in [2.24, 2.45) is 0 Å². The first-order valence-electron chi connectivity index (χ1n) is 46.1. The van der Waals surface area contributed by atoms with Gasteiger partial charge in [0.05, 0.1) is 142 Å². The molecule has 15 aromatic heterocycles. The van der Waals surface area contributed by atoms with E-state index < -0.39 is 0 Å². The van der Waals surface area contributed by atoms with Crippen molar-refractivity contribution in [1.82, 2.24) is 124 Å². The number of rotatable bonds is 0. The molecule has 0 amide bonds. The zero-order valence-corrected chi connectivity index (χ0v) is 78.2. The fourth-order valence-electron chi connectivity index (χ4n) is 19.2. The molecule has 5 spiro atoms. The first kappa shape index (κ1) is 89.7. The van der Waals surface area contributed by atoms with Gasteiger partial charge in [0.15, 0.2) is 28.2 Å². The van der Waals surface area contributed by atoms with E-state index in [1.165, 1.54) is 61.3 Å². The van der Waals surface area contributed by atoms with Crippen LogP contribution in [0.25, 0.3) is 56.7 Å². The second-order valence-corrected chi connectivity index (χ2v) is 37.1. The van der Waals surface area contributed by atoms with Gasteiger partial charge in [-0.25, -0.2) is 94.4 Å². The van der Waals surface area contributed by atoms with Crippen LogP contribution in [0, 0.1) is 29.1 Å². The topological polar surface area (TPSA) is 338 Å². The molecule has 25 rings (SSSR count). The molecule has 5 fully saturated rings. The smallest absolute Gasteiger partial charge is 0.219 e. The summed E-state index contributed by atoms with van der Waals surface area (Å²) in [5.41, 5.74) is 13.3. The molecule has 0 aromatic carbocycles. The lowest BCUT2D eigenvalue weighted by Gasteiger charge is -2.31. The molecular weight excluding hydrogens is 1780 g/mol. The average molecular weight is 1890 g/mol. The summed E-state index contributed by atoms with van der Waals surface area (Å²) in [6.45, 7) is 31.2. The largest absolute Gasteiger partial charge is 0.476 e. The van der Waals surface area contributed by atoms with Crippen molar-refractivity contribution in [2.45, 2.75) is 144 Å². The maximum Gasteiger partial charge on any atom is 0.219 e. The number of nitrogens with one attached hydrogen (secondary N) is 5. The summed E-state index contributed by atoms with van der Waals surface area (Å²) in [5, 5.41) is 38.8. The van der Waals surface area contributed by atoms with Crippen LogP contribution in [0.4, 0.5) is 51.0 Å². The molecule has 0 unspecified atom stereocenters. The molecular formula is C99H103F5N30O5. The maximum atomic E-state index is 14.1. The molecule has 0 radical (unpaired) electrons. The van der Waals surface area contributed by atoms with E-state index in [-0.39, 0.29) is 81.0 Å². The lowest BCUT2D eigenvalue weighted by molar-refractivity contribution is 0.210. The number of halogens is 5. The van der Waals surface area contributed by atoms with E-state index >= 15 is 0 Å². The van der Waals surface area contributed by atoms with E-state index in [2.05, 4.69) is 134 Å². The summed E-state index contributed by atoms with van der Waals surface area (Å²) in [7, 11) is 9.88. The third-order valence-electron chi connectivity index (χ3n) is 27.8. The molecule has 5 saturated carbocycles. The molecule has 15 aromatic rings. The molecule has 0 saturated heterocycles. The Labute approximate surface area is 795 Å². The summed E-state index contributed by atoms with van der Waals surface area (Å²) in [4.78, 5) is 55.4. The van der Waals surface area contributed by atoms with Gasteiger partial charge >= 0.3 is 0 Å². The SMILES string of the molecule is C=C1NCCOc2ncc(F)cc2C2(CC2)N(C)c2ccn3ncc1c3n2.C=C1NC[C@@H](C)Oc2ncc(F)cc2C2(CC2)N(C)c2ccn3ncc1c3n2.C=C1N[C@@H](C)COc2ncc(F)cc2C2(CC2)N(C)c2ccn3ncc1c3n2.C=C1N[C@H](C)COc2ncc(F)cc2C2(CC2)N(C)c2ccc3ncc1n3n2.C=C1N[C@H](C)COc2ncc(F)cc2C2(CC2)N(C)c2ccn3ncc1c3n2. The summed E-state index contributed by atoms with van der Waals surface area (Å²) < 4.78 is 109. The Hall–Kier alpha value is -15.8. The third-order valence-corrected chi connectivity index (χ3v) is 27.8. The zero-order valence-electron chi connectivity index (χ0n) is 78.2. The molecule has 5 aliphatic heterocycles. The molecule has 40 heteroatoms. The van der Waals surface area contributed by atoms with E-state index in [1.807, 2.05) is 124 Å². The Balaban J connectivity index is 0.000000103. The van der Waals surface area contributed by atoms with Crippen LogP contribution in [-0.2, 0) is 27.7 Å². The van der Waals surface area contributed by atoms with Crippen LogP contribution in [0.5, 0.6) is 29.4 Å². The minimum Gasteiger partial charge on any atom is -0.476 e. The van der Waals surface area contributed by atoms with E-state index in [0.717, 1.165) is 200 Å². The fourth-order valence-corrected chi connectivity index (χ4v) is 19.2. The Morgan fingerprint density at radius 1 is 0.345 bits per heavy atom. The van der Waals surface area contributed by atoms with Crippen molar-refractivity contribution in [1.29, 1.82) is 0 Å². The number of fused-ring (bicyclic) bond motifs is 15. The van der Waals surface area contributed by atoms with E-state index in [4.69, 9.17) is 48.7 Å². The van der Waals surface area contributed by atoms with Gasteiger partial charge in [-0.15, -0.1) is 5.10 Å². The van der Waals surface area contributed by atoms with Crippen LogP contribution in [0.15, 0.2) is 186 Å².